The van der Waals surface area contributed by atoms with Crippen LogP contribution in [0.3, 0.4) is 0 Å². The van der Waals surface area contributed by atoms with Gasteiger partial charge in [-0.05, 0) is 73.1 Å². The van der Waals surface area contributed by atoms with E-state index in [9.17, 15) is 10.1 Å². The molecule has 1 aliphatic heterocycles. The van der Waals surface area contributed by atoms with Crippen molar-refractivity contribution < 1.29 is 9.53 Å². The molecule has 6 heteroatoms. The van der Waals surface area contributed by atoms with Crippen LogP contribution >= 0.6 is 11.6 Å². The van der Waals surface area contributed by atoms with Gasteiger partial charge in [-0.1, -0.05) is 60.8 Å². The van der Waals surface area contributed by atoms with Gasteiger partial charge in [0.05, 0.1) is 33.6 Å². The Balaban J connectivity index is 1.29. The van der Waals surface area contributed by atoms with Crippen LogP contribution in [0.15, 0.2) is 71.8 Å². The number of nitrogens with zero attached hydrogens (tertiary/aromatic N) is 3. The monoisotopic (exact) mass is 509 g/mol. The standard InChI is InChI=1S/C31H28ClN3O2/c32-28-17-25(13-10-24(28)18-33)35-30(21-8-4-5-9-21)27-15-11-22-16-23(12-14-26(22)29(27)34-35)31(36)37-19-20-6-2-1-3-7-20/h1-3,6-7,10,12-14,16-17,21,27,30H,4-5,8-9,11,15,19H2/t27-,30-/m0/s1. The van der Waals surface area contributed by atoms with E-state index in [0.29, 0.717) is 28.0 Å². The summed E-state index contributed by atoms with van der Waals surface area (Å²) in [7, 11) is 0. The Morgan fingerprint density at radius 2 is 1.86 bits per heavy atom. The SMILES string of the molecule is N#Cc1ccc(N2N=C3c4ccc(C(=O)OCc5ccccc5)cc4CC[C@@H]3[C@@H]2C2CCCC2)cc1Cl. The molecular formula is C31H28ClN3O2. The lowest BCUT2D eigenvalue weighted by Crippen LogP contribution is -2.40. The maximum Gasteiger partial charge on any atom is 0.338 e. The average Bonchev–Trinajstić information content (AvgIpc) is 3.60. The number of nitriles is 1. The van der Waals surface area contributed by atoms with Crippen molar-refractivity contribution in [2.75, 3.05) is 5.01 Å². The first-order valence-electron chi connectivity index (χ1n) is 13.0. The minimum absolute atomic E-state index is 0.261. The Hall–Kier alpha value is -3.62. The number of hydrogen-bond donors (Lipinski definition) is 0. The third kappa shape index (κ3) is 4.51. The number of anilines is 1. The molecule has 1 heterocycles. The van der Waals surface area contributed by atoms with Crippen molar-refractivity contribution in [1.29, 1.82) is 5.26 Å². The number of fused-ring (bicyclic) bond motifs is 3. The minimum atomic E-state index is -0.306. The van der Waals surface area contributed by atoms with Crippen molar-refractivity contribution >= 4 is 29.0 Å². The highest BCUT2D eigenvalue weighted by Gasteiger charge is 2.45. The van der Waals surface area contributed by atoms with Crippen molar-refractivity contribution in [2.24, 2.45) is 16.9 Å². The van der Waals surface area contributed by atoms with E-state index in [1.165, 1.54) is 25.7 Å². The van der Waals surface area contributed by atoms with E-state index in [1.807, 2.05) is 60.7 Å². The molecular weight excluding hydrogens is 482 g/mol. The summed E-state index contributed by atoms with van der Waals surface area (Å²) in [6.45, 7) is 0.261. The van der Waals surface area contributed by atoms with Gasteiger partial charge in [0.25, 0.3) is 0 Å². The molecule has 6 rings (SSSR count). The lowest BCUT2D eigenvalue weighted by Gasteiger charge is -2.34. The molecule has 3 aliphatic rings. The van der Waals surface area contributed by atoms with Crippen LogP contribution in [0.1, 0.15) is 64.7 Å². The molecule has 0 aromatic heterocycles. The van der Waals surface area contributed by atoms with Crippen LogP contribution in [0, 0.1) is 23.2 Å². The van der Waals surface area contributed by atoms with E-state index in [1.54, 1.807) is 6.07 Å². The van der Waals surface area contributed by atoms with Crippen molar-refractivity contribution in [3.63, 3.8) is 0 Å². The number of carbonyl (C=O) groups excluding carboxylic acids is 1. The Kier molecular flexibility index (Phi) is 6.44. The fraction of sp³-hybridized carbons (Fsp3) is 0.323. The predicted molar refractivity (Wildman–Crippen MR) is 145 cm³/mol. The van der Waals surface area contributed by atoms with E-state index in [0.717, 1.165) is 40.9 Å². The lowest BCUT2D eigenvalue weighted by molar-refractivity contribution is 0.0472. The van der Waals surface area contributed by atoms with E-state index in [4.69, 9.17) is 21.4 Å². The zero-order chi connectivity index (χ0) is 25.4. The topological polar surface area (TPSA) is 65.7 Å². The third-order valence-corrected chi connectivity index (χ3v) is 8.35. The molecule has 5 nitrogen and oxygen atoms in total. The Labute approximate surface area is 222 Å². The molecule has 1 saturated carbocycles. The summed E-state index contributed by atoms with van der Waals surface area (Å²) in [5.41, 5.74) is 6.33. The lowest BCUT2D eigenvalue weighted by atomic mass is 9.75. The normalized spacial score (nSPS) is 20.6. The first kappa shape index (κ1) is 23.8. The summed E-state index contributed by atoms with van der Waals surface area (Å²) in [6, 6.07) is 23.7. The highest BCUT2D eigenvalue weighted by atomic mass is 35.5. The van der Waals surface area contributed by atoms with Crippen LogP contribution in [0.25, 0.3) is 0 Å². The summed E-state index contributed by atoms with van der Waals surface area (Å²) in [5, 5.41) is 17.1. The molecule has 2 atom stereocenters. The number of rotatable bonds is 5. The predicted octanol–water partition coefficient (Wildman–Crippen LogP) is 6.91. The van der Waals surface area contributed by atoms with Crippen molar-refractivity contribution in [3.05, 3.63) is 99.6 Å². The number of hydrogen-bond acceptors (Lipinski definition) is 5. The van der Waals surface area contributed by atoms with Crippen LogP contribution in [0.2, 0.25) is 5.02 Å². The van der Waals surface area contributed by atoms with Crippen molar-refractivity contribution in [3.8, 4) is 6.07 Å². The van der Waals surface area contributed by atoms with Crippen molar-refractivity contribution in [1.82, 2.24) is 0 Å². The highest BCUT2D eigenvalue weighted by Crippen LogP contribution is 2.45. The molecule has 2 aliphatic carbocycles. The number of aryl methyl sites for hydroxylation is 1. The Bertz CT molecular complexity index is 1410. The molecule has 0 radical (unpaired) electrons. The molecule has 1 fully saturated rings. The number of halogens is 1. The summed E-state index contributed by atoms with van der Waals surface area (Å²) < 4.78 is 5.57. The van der Waals surface area contributed by atoms with Gasteiger partial charge in [0.15, 0.2) is 0 Å². The molecule has 0 spiro atoms. The van der Waals surface area contributed by atoms with Crippen LogP contribution in [0.5, 0.6) is 0 Å². The van der Waals surface area contributed by atoms with E-state index in [-0.39, 0.29) is 18.6 Å². The number of carbonyl (C=O) groups is 1. The fourth-order valence-electron chi connectivity index (χ4n) is 6.24. The van der Waals surface area contributed by atoms with Gasteiger partial charge in [-0.3, -0.25) is 5.01 Å². The zero-order valence-corrected chi connectivity index (χ0v) is 21.3. The molecule has 0 bridgehead atoms. The maximum atomic E-state index is 12.8. The smallest absolute Gasteiger partial charge is 0.338 e. The van der Waals surface area contributed by atoms with Crippen LogP contribution in [-0.2, 0) is 17.8 Å². The second-order valence-corrected chi connectivity index (χ2v) is 10.6. The molecule has 0 amide bonds. The van der Waals surface area contributed by atoms with Gasteiger partial charge in [-0.15, -0.1) is 0 Å². The van der Waals surface area contributed by atoms with Crippen LogP contribution in [-0.4, -0.2) is 17.7 Å². The van der Waals surface area contributed by atoms with Gasteiger partial charge in [0.2, 0.25) is 0 Å². The second kappa shape index (κ2) is 10.0. The number of ether oxygens (including phenoxy) is 1. The number of hydrazone groups is 1. The van der Waals surface area contributed by atoms with E-state index in [2.05, 4.69) is 11.1 Å². The minimum Gasteiger partial charge on any atom is -0.457 e. The van der Waals surface area contributed by atoms with E-state index < -0.39 is 0 Å². The number of esters is 1. The second-order valence-electron chi connectivity index (χ2n) is 10.2. The summed E-state index contributed by atoms with van der Waals surface area (Å²) in [4.78, 5) is 12.8. The molecule has 0 unspecified atom stereocenters. The Morgan fingerprint density at radius 3 is 2.62 bits per heavy atom. The molecule has 3 aromatic carbocycles. The summed E-state index contributed by atoms with van der Waals surface area (Å²) in [6.07, 6.45) is 6.85. The quantitative estimate of drug-likeness (QED) is 0.350. The third-order valence-electron chi connectivity index (χ3n) is 8.04. The van der Waals surface area contributed by atoms with Gasteiger partial charge >= 0.3 is 5.97 Å². The first-order chi connectivity index (χ1) is 18.1. The van der Waals surface area contributed by atoms with Crippen molar-refractivity contribution in [2.45, 2.75) is 51.2 Å². The van der Waals surface area contributed by atoms with Gasteiger partial charge < -0.3 is 4.74 Å². The molecule has 0 saturated heterocycles. The van der Waals surface area contributed by atoms with Gasteiger partial charge in [0, 0.05) is 11.5 Å². The van der Waals surface area contributed by atoms with Crippen LogP contribution < -0.4 is 5.01 Å². The first-order valence-corrected chi connectivity index (χ1v) is 13.4. The maximum absolute atomic E-state index is 12.8. The molecule has 0 N–H and O–H groups in total. The molecule has 3 aromatic rings. The van der Waals surface area contributed by atoms with Gasteiger partial charge in [0.1, 0.15) is 12.7 Å². The van der Waals surface area contributed by atoms with E-state index >= 15 is 0 Å². The fourth-order valence-corrected chi connectivity index (χ4v) is 6.46. The molecule has 186 valence electrons. The van der Waals surface area contributed by atoms with Gasteiger partial charge in [-0.2, -0.15) is 10.4 Å². The largest absolute Gasteiger partial charge is 0.457 e. The highest BCUT2D eigenvalue weighted by molar-refractivity contribution is 6.32. The van der Waals surface area contributed by atoms with Crippen LogP contribution in [0.4, 0.5) is 5.69 Å². The summed E-state index contributed by atoms with van der Waals surface area (Å²) in [5.74, 6) is 0.607. The molecule has 37 heavy (non-hydrogen) atoms. The van der Waals surface area contributed by atoms with Gasteiger partial charge in [-0.25, -0.2) is 4.79 Å². The summed E-state index contributed by atoms with van der Waals surface area (Å²) >= 11 is 6.42. The zero-order valence-electron chi connectivity index (χ0n) is 20.6. The average molecular weight is 510 g/mol. The number of benzene rings is 3. The Morgan fingerprint density at radius 1 is 1.05 bits per heavy atom.